The fraction of sp³-hybridized carbons (Fsp3) is 0.167. The van der Waals surface area contributed by atoms with Gasteiger partial charge in [-0.3, -0.25) is 9.78 Å². The first-order valence-electron chi connectivity index (χ1n) is 4.73. The van der Waals surface area contributed by atoms with Crippen LogP contribution in [0, 0.1) is 0 Å². The minimum atomic E-state index is -0.263. The Morgan fingerprint density at radius 3 is 3.07 bits per heavy atom. The van der Waals surface area contributed by atoms with E-state index in [4.69, 9.17) is 4.74 Å². The molecule has 0 saturated heterocycles. The van der Waals surface area contributed by atoms with Gasteiger partial charge in [-0.15, -0.1) is 0 Å². The predicted octanol–water partition coefficient (Wildman–Crippen LogP) is 2.30. The lowest BCUT2D eigenvalue weighted by Crippen LogP contribution is -1.98. The van der Waals surface area contributed by atoms with Crippen LogP contribution in [0.3, 0.4) is 0 Å². The molecule has 0 aliphatic rings. The zero-order valence-corrected chi connectivity index (χ0v) is 8.43. The Hall–Kier alpha value is -1.90. The molecule has 1 aromatic heterocycles. The van der Waals surface area contributed by atoms with Crippen LogP contribution in [-0.4, -0.2) is 11.0 Å². The monoisotopic (exact) mass is 201 g/mol. The minimum Gasteiger partial charge on any atom is -0.461 e. The average Bonchev–Trinajstić information content (AvgIpc) is 2.26. The lowest BCUT2D eigenvalue weighted by molar-refractivity contribution is -0.142. The number of hydrogen-bond donors (Lipinski definition) is 0. The van der Waals surface area contributed by atoms with E-state index in [0.29, 0.717) is 6.61 Å². The summed E-state index contributed by atoms with van der Waals surface area (Å²) < 4.78 is 4.92. The van der Waals surface area contributed by atoms with E-state index < -0.39 is 0 Å². The van der Waals surface area contributed by atoms with Crippen molar-refractivity contribution in [1.82, 2.24) is 4.98 Å². The molecule has 0 N–H and O–H groups in total. The molecule has 0 spiro atoms. The van der Waals surface area contributed by atoms with Gasteiger partial charge < -0.3 is 4.74 Å². The maximum atomic E-state index is 10.6. The molecule has 0 saturated carbocycles. The quantitative estimate of drug-likeness (QED) is 0.700. The van der Waals surface area contributed by atoms with Gasteiger partial charge in [0.25, 0.3) is 0 Å². The van der Waals surface area contributed by atoms with E-state index in [2.05, 4.69) is 4.98 Å². The number of hydrogen-bond acceptors (Lipinski definition) is 3. The first-order chi connectivity index (χ1) is 7.25. The number of carbonyl (C=O) groups excluding carboxylic acids is 1. The molecule has 15 heavy (non-hydrogen) atoms. The summed E-state index contributed by atoms with van der Waals surface area (Å²) in [4.78, 5) is 14.9. The second kappa shape index (κ2) is 4.09. The first-order valence-corrected chi connectivity index (χ1v) is 4.73. The number of aromatic nitrogens is 1. The molecular formula is C12H11NO2. The predicted molar refractivity (Wildman–Crippen MR) is 57.2 cm³/mol. The van der Waals surface area contributed by atoms with Gasteiger partial charge in [-0.1, -0.05) is 12.1 Å². The van der Waals surface area contributed by atoms with Gasteiger partial charge in [-0.25, -0.2) is 0 Å². The van der Waals surface area contributed by atoms with E-state index in [9.17, 15) is 4.79 Å². The molecule has 1 heterocycles. The van der Waals surface area contributed by atoms with E-state index in [1.165, 1.54) is 6.92 Å². The van der Waals surface area contributed by atoms with Crippen LogP contribution in [0.1, 0.15) is 12.5 Å². The fourth-order valence-corrected chi connectivity index (χ4v) is 1.40. The van der Waals surface area contributed by atoms with Crippen LogP contribution in [0.2, 0.25) is 0 Å². The average molecular weight is 201 g/mol. The van der Waals surface area contributed by atoms with Crippen LogP contribution < -0.4 is 0 Å². The Labute approximate surface area is 87.7 Å². The Kier molecular flexibility index (Phi) is 2.63. The summed E-state index contributed by atoms with van der Waals surface area (Å²) in [5.41, 5.74) is 1.93. The number of esters is 1. The smallest absolute Gasteiger partial charge is 0.302 e. The molecule has 0 aliphatic heterocycles. The van der Waals surface area contributed by atoms with Gasteiger partial charge >= 0.3 is 5.97 Å². The standard InChI is InChI=1S/C12H11NO2/c1-9(14)15-8-10-4-5-12-11(7-10)3-2-6-13-12/h2-7H,8H2,1H3. The van der Waals surface area contributed by atoms with Crippen molar-refractivity contribution in [3.63, 3.8) is 0 Å². The zero-order chi connectivity index (χ0) is 10.7. The number of benzene rings is 1. The third-order valence-electron chi connectivity index (χ3n) is 2.11. The van der Waals surface area contributed by atoms with E-state index in [1.807, 2.05) is 30.3 Å². The van der Waals surface area contributed by atoms with Gasteiger partial charge in [-0.05, 0) is 23.8 Å². The second-order valence-corrected chi connectivity index (χ2v) is 3.31. The number of fused-ring (bicyclic) bond motifs is 1. The van der Waals surface area contributed by atoms with Gasteiger partial charge in [0.15, 0.2) is 0 Å². The van der Waals surface area contributed by atoms with Crippen LogP contribution in [0.4, 0.5) is 0 Å². The fourth-order valence-electron chi connectivity index (χ4n) is 1.40. The van der Waals surface area contributed by atoms with Crippen molar-refractivity contribution in [3.8, 4) is 0 Å². The number of nitrogens with zero attached hydrogens (tertiary/aromatic N) is 1. The molecule has 0 aliphatic carbocycles. The summed E-state index contributed by atoms with van der Waals surface area (Å²) in [5, 5.41) is 1.06. The molecule has 0 atom stereocenters. The normalized spacial score (nSPS) is 10.2. The number of rotatable bonds is 2. The molecule has 0 amide bonds. The molecular weight excluding hydrogens is 190 g/mol. The van der Waals surface area contributed by atoms with Crippen molar-refractivity contribution in [2.45, 2.75) is 13.5 Å². The summed E-state index contributed by atoms with van der Waals surface area (Å²) in [6.07, 6.45) is 1.76. The summed E-state index contributed by atoms with van der Waals surface area (Å²) in [7, 11) is 0. The third-order valence-corrected chi connectivity index (χ3v) is 2.11. The highest BCUT2D eigenvalue weighted by atomic mass is 16.5. The van der Waals surface area contributed by atoms with Crippen LogP contribution in [-0.2, 0) is 16.1 Å². The molecule has 0 radical (unpaired) electrons. The number of carbonyl (C=O) groups is 1. The largest absolute Gasteiger partial charge is 0.461 e. The first kappa shape index (κ1) is 9.65. The topological polar surface area (TPSA) is 39.2 Å². The van der Waals surface area contributed by atoms with Crippen molar-refractivity contribution < 1.29 is 9.53 Å². The summed E-state index contributed by atoms with van der Waals surface area (Å²) >= 11 is 0. The Bertz CT molecular complexity index is 494. The minimum absolute atomic E-state index is 0.263. The summed E-state index contributed by atoms with van der Waals surface area (Å²) in [6, 6.07) is 9.69. The molecule has 0 unspecified atom stereocenters. The maximum absolute atomic E-state index is 10.6. The Balaban J connectivity index is 2.26. The van der Waals surface area contributed by atoms with Gasteiger partial charge in [0.2, 0.25) is 0 Å². The second-order valence-electron chi connectivity index (χ2n) is 3.31. The molecule has 2 rings (SSSR count). The number of ether oxygens (including phenoxy) is 1. The molecule has 0 fully saturated rings. The van der Waals surface area contributed by atoms with Crippen LogP contribution in [0.5, 0.6) is 0 Å². The lowest BCUT2D eigenvalue weighted by atomic mass is 10.1. The highest BCUT2D eigenvalue weighted by molar-refractivity contribution is 5.78. The summed E-state index contributed by atoms with van der Waals surface area (Å²) in [6.45, 7) is 1.72. The molecule has 3 heteroatoms. The van der Waals surface area contributed by atoms with Gasteiger partial charge in [0.1, 0.15) is 6.61 Å². The third kappa shape index (κ3) is 2.31. The van der Waals surface area contributed by atoms with E-state index in [0.717, 1.165) is 16.5 Å². The Morgan fingerprint density at radius 1 is 1.40 bits per heavy atom. The van der Waals surface area contributed by atoms with Crippen LogP contribution in [0.25, 0.3) is 10.9 Å². The van der Waals surface area contributed by atoms with E-state index >= 15 is 0 Å². The van der Waals surface area contributed by atoms with Crippen LogP contribution in [0.15, 0.2) is 36.5 Å². The molecule has 76 valence electrons. The lowest BCUT2D eigenvalue weighted by Gasteiger charge is -2.03. The molecule has 2 aromatic rings. The SMILES string of the molecule is CC(=O)OCc1ccc2ncccc2c1. The van der Waals surface area contributed by atoms with Crippen LogP contribution >= 0.6 is 0 Å². The number of pyridine rings is 1. The van der Waals surface area contributed by atoms with Gasteiger partial charge in [-0.2, -0.15) is 0 Å². The Morgan fingerprint density at radius 2 is 2.27 bits per heavy atom. The van der Waals surface area contributed by atoms with Gasteiger partial charge in [0.05, 0.1) is 5.52 Å². The van der Waals surface area contributed by atoms with Crippen molar-refractivity contribution >= 4 is 16.9 Å². The molecule has 1 aromatic carbocycles. The molecule has 3 nitrogen and oxygen atoms in total. The van der Waals surface area contributed by atoms with Crippen molar-refractivity contribution in [1.29, 1.82) is 0 Å². The highest BCUT2D eigenvalue weighted by Crippen LogP contribution is 2.13. The van der Waals surface area contributed by atoms with E-state index in [1.54, 1.807) is 6.20 Å². The van der Waals surface area contributed by atoms with Crippen molar-refractivity contribution in [2.75, 3.05) is 0 Å². The van der Waals surface area contributed by atoms with Gasteiger partial charge in [0, 0.05) is 18.5 Å². The highest BCUT2D eigenvalue weighted by Gasteiger charge is 1.98. The van der Waals surface area contributed by atoms with E-state index in [-0.39, 0.29) is 5.97 Å². The maximum Gasteiger partial charge on any atom is 0.302 e. The summed E-state index contributed by atoms with van der Waals surface area (Å²) in [5.74, 6) is -0.263. The van der Waals surface area contributed by atoms with Crippen molar-refractivity contribution in [2.24, 2.45) is 0 Å². The van der Waals surface area contributed by atoms with Crippen molar-refractivity contribution in [3.05, 3.63) is 42.1 Å². The molecule has 0 bridgehead atoms. The zero-order valence-electron chi connectivity index (χ0n) is 8.43.